The Balaban J connectivity index is 2.33. The number of nitrogens with zero attached hydrogens (tertiary/aromatic N) is 1. The second-order valence-corrected chi connectivity index (χ2v) is 6.77. The van der Waals surface area contributed by atoms with Crippen molar-refractivity contribution in [3.05, 3.63) is 58.1 Å². The van der Waals surface area contributed by atoms with Crippen LogP contribution >= 0.6 is 0 Å². The van der Waals surface area contributed by atoms with Crippen molar-refractivity contribution in [3.8, 4) is 5.75 Å². The minimum Gasteiger partial charge on any atom is -0.495 e. The van der Waals surface area contributed by atoms with Gasteiger partial charge in [0, 0.05) is 11.8 Å². The molecule has 0 radical (unpaired) electrons. The maximum atomic E-state index is 12.3. The molecule has 0 unspecified atom stereocenters. The zero-order valence-corrected chi connectivity index (χ0v) is 14.2. The Hall–Kier alpha value is -3.14. The zero-order chi connectivity index (χ0) is 18.6. The zero-order valence-electron chi connectivity index (χ0n) is 13.3. The third kappa shape index (κ3) is 4.67. The normalized spacial score (nSPS) is 10.8. The van der Waals surface area contributed by atoms with Crippen molar-refractivity contribution >= 4 is 33.0 Å². The number of anilines is 2. The van der Waals surface area contributed by atoms with Gasteiger partial charge in [-0.2, -0.15) is 0 Å². The largest absolute Gasteiger partial charge is 0.495 e. The van der Waals surface area contributed by atoms with Gasteiger partial charge < -0.3 is 10.1 Å². The third-order valence-electron chi connectivity index (χ3n) is 3.10. The lowest BCUT2D eigenvalue weighted by atomic mass is 10.1. The van der Waals surface area contributed by atoms with Crippen molar-refractivity contribution in [1.29, 1.82) is 0 Å². The quantitative estimate of drug-likeness (QED) is 0.597. The van der Waals surface area contributed by atoms with Crippen LogP contribution in [0, 0.1) is 10.1 Å². The number of amides is 1. The third-order valence-corrected chi connectivity index (χ3v) is 3.69. The van der Waals surface area contributed by atoms with Crippen molar-refractivity contribution in [3.63, 3.8) is 0 Å². The Morgan fingerprint density at radius 3 is 2.48 bits per heavy atom. The molecule has 2 rings (SSSR count). The molecule has 25 heavy (non-hydrogen) atoms. The number of nitro benzene ring substituents is 1. The number of para-hydroxylation sites is 1. The van der Waals surface area contributed by atoms with E-state index in [-0.39, 0.29) is 28.4 Å². The first kappa shape index (κ1) is 18.2. The molecule has 9 nitrogen and oxygen atoms in total. The van der Waals surface area contributed by atoms with Gasteiger partial charge in [-0.05, 0) is 24.3 Å². The van der Waals surface area contributed by atoms with E-state index >= 15 is 0 Å². The van der Waals surface area contributed by atoms with Crippen LogP contribution < -0.4 is 14.8 Å². The van der Waals surface area contributed by atoms with Crippen LogP contribution in [-0.2, 0) is 10.0 Å². The van der Waals surface area contributed by atoms with Gasteiger partial charge in [0.25, 0.3) is 11.6 Å². The standard InChI is InChI=1S/C15H15N3O6S/c1-24-14-8-7-10(9-12(14)17-25(2,22)23)16-15(19)11-5-3-4-6-13(11)18(20)21/h3-9,17H,1-2H3,(H,16,19). The van der Waals surface area contributed by atoms with E-state index in [2.05, 4.69) is 10.0 Å². The monoisotopic (exact) mass is 365 g/mol. The summed E-state index contributed by atoms with van der Waals surface area (Å²) in [5.74, 6) is -0.433. The van der Waals surface area contributed by atoms with Crippen molar-refractivity contribution in [2.24, 2.45) is 0 Å². The molecular weight excluding hydrogens is 350 g/mol. The average Bonchev–Trinajstić information content (AvgIpc) is 2.53. The van der Waals surface area contributed by atoms with Crippen LogP contribution in [0.25, 0.3) is 0 Å². The molecule has 2 aromatic carbocycles. The van der Waals surface area contributed by atoms with Crippen LogP contribution in [0.3, 0.4) is 0 Å². The summed E-state index contributed by atoms with van der Waals surface area (Å²) in [6.07, 6.45) is 0.977. The molecule has 132 valence electrons. The Kier molecular flexibility index (Phi) is 5.22. The highest BCUT2D eigenvalue weighted by molar-refractivity contribution is 7.92. The first-order valence-electron chi connectivity index (χ1n) is 6.92. The van der Waals surface area contributed by atoms with E-state index in [4.69, 9.17) is 4.74 Å². The molecule has 0 saturated heterocycles. The van der Waals surface area contributed by atoms with E-state index in [0.29, 0.717) is 0 Å². The first-order chi connectivity index (χ1) is 11.7. The fourth-order valence-electron chi connectivity index (χ4n) is 2.09. The van der Waals surface area contributed by atoms with Gasteiger partial charge in [0.15, 0.2) is 0 Å². The molecule has 0 saturated carbocycles. The highest BCUT2D eigenvalue weighted by Gasteiger charge is 2.19. The van der Waals surface area contributed by atoms with Crippen LogP contribution in [0.15, 0.2) is 42.5 Å². The van der Waals surface area contributed by atoms with Gasteiger partial charge in [-0.1, -0.05) is 12.1 Å². The van der Waals surface area contributed by atoms with E-state index in [1.54, 1.807) is 0 Å². The second kappa shape index (κ2) is 7.18. The van der Waals surface area contributed by atoms with Crippen molar-refractivity contribution < 1.29 is 22.9 Å². The number of carbonyl (C=O) groups is 1. The lowest BCUT2D eigenvalue weighted by Gasteiger charge is -2.12. The minimum absolute atomic E-state index is 0.110. The van der Waals surface area contributed by atoms with Gasteiger partial charge in [0.05, 0.1) is 24.0 Å². The van der Waals surface area contributed by atoms with E-state index in [1.165, 1.54) is 49.6 Å². The predicted octanol–water partition coefficient (Wildman–Crippen LogP) is 2.23. The van der Waals surface area contributed by atoms with E-state index in [0.717, 1.165) is 6.26 Å². The van der Waals surface area contributed by atoms with E-state index in [1.807, 2.05) is 0 Å². The number of benzene rings is 2. The van der Waals surface area contributed by atoms with Crippen molar-refractivity contribution in [2.75, 3.05) is 23.4 Å². The average molecular weight is 365 g/mol. The smallest absolute Gasteiger partial charge is 0.282 e. The van der Waals surface area contributed by atoms with Gasteiger partial charge in [0.2, 0.25) is 10.0 Å². The van der Waals surface area contributed by atoms with Gasteiger partial charge >= 0.3 is 0 Å². The Morgan fingerprint density at radius 1 is 1.20 bits per heavy atom. The molecule has 1 amide bonds. The SMILES string of the molecule is COc1ccc(NC(=O)c2ccccc2[N+](=O)[O-])cc1NS(C)(=O)=O. The Bertz CT molecular complexity index is 927. The maximum Gasteiger partial charge on any atom is 0.282 e. The molecule has 0 aliphatic rings. The molecule has 0 aliphatic heterocycles. The fraction of sp³-hybridized carbons (Fsp3) is 0.133. The molecule has 2 N–H and O–H groups in total. The molecule has 0 atom stereocenters. The fourth-order valence-corrected chi connectivity index (χ4v) is 2.65. The van der Waals surface area contributed by atoms with Gasteiger partial charge in [-0.15, -0.1) is 0 Å². The lowest BCUT2D eigenvalue weighted by Crippen LogP contribution is -2.15. The van der Waals surface area contributed by atoms with Gasteiger partial charge in [-0.3, -0.25) is 19.6 Å². The molecule has 10 heteroatoms. The molecule has 2 aromatic rings. The predicted molar refractivity (Wildman–Crippen MR) is 92.5 cm³/mol. The summed E-state index contributed by atoms with van der Waals surface area (Å²) in [7, 11) is -2.19. The highest BCUT2D eigenvalue weighted by Crippen LogP contribution is 2.29. The van der Waals surface area contributed by atoms with Crippen LogP contribution in [0.1, 0.15) is 10.4 Å². The number of hydrogen-bond acceptors (Lipinski definition) is 6. The number of carbonyl (C=O) groups excluding carboxylic acids is 1. The van der Waals surface area contributed by atoms with Crippen LogP contribution in [0.2, 0.25) is 0 Å². The molecule has 0 fully saturated rings. The second-order valence-electron chi connectivity index (χ2n) is 5.02. The van der Waals surface area contributed by atoms with Crippen LogP contribution in [0.5, 0.6) is 5.75 Å². The molecule has 0 heterocycles. The maximum absolute atomic E-state index is 12.3. The molecular formula is C15H15N3O6S. The Morgan fingerprint density at radius 2 is 1.88 bits per heavy atom. The van der Waals surface area contributed by atoms with Crippen molar-refractivity contribution in [1.82, 2.24) is 0 Å². The highest BCUT2D eigenvalue weighted by atomic mass is 32.2. The molecule has 0 bridgehead atoms. The van der Waals surface area contributed by atoms with E-state index in [9.17, 15) is 23.3 Å². The van der Waals surface area contributed by atoms with Crippen LogP contribution in [-0.4, -0.2) is 32.6 Å². The lowest BCUT2D eigenvalue weighted by molar-refractivity contribution is -0.385. The summed E-state index contributed by atoms with van der Waals surface area (Å²) in [5, 5.41) is 13.5. The summed E-state index contributed by atoms with van der Waals surface area (Å²) in [4.78, 5) is 22.7. The summed E-state index contributed by atoms with van der Waals surface area (Å²) < 4.78 is 30.2. The number of sulfonamides is 1. The van der Waals surface area contributed by atoms with E-state index < -0.39 is 20.9 Å². The topological polar surface area (TPSA) is 128 Å². The van der Waals surface area contributed by atoms with Gasteiger partial charge in [-0.25, -0.2) is 8.42 Å². The number of hydrogen-bond donors (Lipinski definition) is 2. The molecule has 0 spiro atoms. The Labute approximate surface area is 143 Å². The first-order valence-corrected chi connectivity index (χ1v) is 8.81. The molecule has 0 aromatic heterocycles. The number of rotatable bonds is 6. The number of nitro groups is 1. The van der Waals surface area contributed by atoms with Crippen molar-refractivity contribution in [2.45, 2.75) is 0 Å². The number of ether oxygens (including phenoxy) is 1. The summed E-state index contributed by atoms with van der Waals surface area (Å²) in [6, 6.07) is 9.81. The van der Waals surface area contributed by atoms with Crippen LogP contribution in [0.4, 0.5) is 17.1 Å². The number of nitrogens with one attached hydrogen (secondary N) is 2. The van der Waals surface area contributed by atoms with Gasteiger partial charge in [0.1, 0.15) is 11.3 Å². The summed E-state index contributed by atoms with van der Waals surface area (Å²) in [5.41, 5.74) is -0.0654. The summed E-state index contributed by atoms with van der Waals surface area (Å²) >= 11 is 0. The summed E-state index contributed by atoms with van der Waals surface area (Å²) in [6.45, 7) is 0. The molecule has 0 aliphatic carbocycles. The minimum atomic E-state index is -3.56. The number of methoxy groups -OCH3 is 1.